The molecule has 1 saturated heterocycles. The number of carbonyl (C=O) groups excluding carboxylic acids is 1. The fourth-order valence-corrected chi connectivity index (χ4v) is 2.93. The van der Waals surface area contributed by atoms with Crippen LogP contribution in [0.15, 0.2) is 30.3 Å². The summed E-state index contributed by atoms with van der Waals surface area (Å²) in [6.07, 6.45) is 1.74. The van der Waals surface area contributed by atoms with E-state index in [4.69, 9.17) is 11.6 Å². The van der Waals surface area contributed by atoms with E-state index in [0.717, 1.165) is 37.3 Å². The van der Waals surface area contributed by atoms with E-state index < -0.39 is 0 Å². The highest BCUT2D eigenvalue weighted by molar-refractivity contribution is 6.32. The van der Waals surface area contributed by atoms with Gasteiger partial charge in [0.15, 0.2) is 5.82 Å². The molecular weight excluding hydrogens is 335 g/mol. The Hall–Kier alpha value is -1.56. The zero-order valence-corrected chi connectivity index (χ0v) is 14.5. The van der Waals surface area contributed by atoms with Crippen molar-refractivity contribution in [2.45, 2.75) is 19.8 Å². The van der Waals surface area contributed by atoms with Gasteiger partial charge in [0.2, 0.25) is 5.91 Å². The van der Waals surface area contributed by atoms with Crippen molar-refractivity contribution in [2.24, 2.45) is 5.92 Å². The number of halogens is 2. The molecule has 0 spiro atoms. The topological polar surface area (TPSA) is 59.0 Å². The van der Waals surface area contributed by atoms with Gasteiger partial charge in [0.05, 0.1) is 10.7 Å². The van der Waals surface area contributed by atoms with Crippen LogP contribution < -0.4 is 10.6 Å². The number of para-hydroxylation sites is 1. The van der Waals surface area contributed by atoms with Gasteiger partial charge in [-0.05, 0) is 45.0 Å². The molecule has 7 heteroatoms. The number of benzene rings is 1. The van der Waals surface area contributed by atoms with Gasteiger partial charge in [-0.25, -0.2) is 4.68 Å². The molecular formula is C16H20Cl2N4O. The zero-order chi connectivity index (χ0) is 15.5. The van der Waals surface area contributed by atoms with E-state index in [1.807, 2.05) is 37.3 Å². The van der Waals surface area contributed by atoms with Crippen LogP contribution in [-0.4, -0.2) is 28.8 Å². The quantitative estimate of drug-likeness (QED) is 0.889. The first-order chi connectivity index (χ1) is 10.6. The van der Waals surface area contributed by atoms with Gasteiger partial charge in [-0.1, -0.05) is 23.7 Å². The Bertz CT molecular complexity index is 680. The second kappa shape index (κ2) is 7.81. The summed E-state index contributed by atoms with van der Waals surface area (Å²) in [5.74, 6) is 0.679. The molecule has 1 fully saturated rings. The van der Waals surface area contributed by atoms with Crippen molar-refractivity contribution in [3.05, 3.63) is 41.0 Å². The van der Waals surface area contributed by atoms with Gasteiger partial charge in [0.25, 0.3) is 0 Å². The van der Waals surface area contributed by atoms with Crippen LogP contribution in [0.5, 0.6) is 0 Å². The summed E-state index contributed by atoms with van der Waals surface area (Å²) in [6.45, 7) is 3.73. The number of nitrogens with zero attached hydrogens (tertiary/aromatic N) is 2. The number of amides is 1. The molecule has 0 saturated carbocycles. The van der Waals surface area contributed by atoms with Crippen LogP contribution in [-0.2, 0) is 4.79 Å². The maximum atomic E-state index is 12.3. The summed E-state index contributed by atoms with van der Waals surface area (Å²) in [6, 6.07) is 9.38. The average molecular weight is 355 g/mol. The molecule has 0 unspecified atom stereocenters. The lowest BCUT2D eigenvalue weighted by Crippen LogP contribution is -2.34. The number of aryl methyl sites for hydroxylation is 1. The average Bonchev–Trinajstić information content (AvgIpc) is 2.89. The van der Waals surface area contributed by atoms with Gasteiger partial charge >= 0.3 is 0 Å². The van der Waals surface area contributed by atoms with E-state index in [-0.39, 0.29) is 24.2 Å². The first-order valence-corrected chi connectivity index (χ1v) is 7.86. The molecule has 0 aliphatic carbocycles. The monoisotopic (exact) mass is 354 g/mol. The molecule has 1 aliphatic heterocycles. The zero-order valence-electron chi connectivity index (χ0n) is 12.9. The lowest BCUT2D eigenvalue weighted by Gasteiger charge is -2.21. The van der Waals surface area contributed by atoms with Crippen molar-refractivity contribution >= 4 is 35.7 Å². The van der Waals surface area contributed by atoms with Crippen molar-refractivity contribution in [3.8, 4) is 5.69 Å². The van der Waals surface area contributed by atoms with Gasteiger partial charge in [-0.2, -0.15) is 0 Å². The van der Waals surface area contributed by atoms with Crippen molar-refractivity contribution in [1.29, 1.82) is 0 Å². The highest BCUT2D eigenvalue weighted by Crippen LogP contribution is 2.23. The van der Waals surface area contributed by atoms with E-state index in [0.29, 0.717) is 10.8 Å². The SMILES string of the molecule is Cc1cc(NC(=O)C2CCNCC2)nn1-c1ccccc1Cl.Cl. The van der Waals surface area contributed by atoms with Crippen LogP contribution in [0.25, 0.3) is 5.69 Å². The van der Waals surface area contributed by atoms with Crippen LogP contribution >= 0.6 is 24.0 Å². The number of anilines is 1. The number of nitrogens with one attached hydrogen (secondary N) is 2. The summed E-state index contributed by atoms with van der Waals surface area (Å²) >= 11 is 6.21. The van der Waals surface area contributed by atoms with Gasteiger partial charge in [0, 0.05) is 17.7 Å². The molecule has 5 nitrogen and oxygen atoms in total. The van der Waals surface area contributed by atoms with Crippen molar-refractivity contribution < 1.29 is 4.79 Å². The van der Waals surface area contributed by atoms with Gasteiger partial charge in [-0.15, -0.1) is 17.5 Å². The smallest absolute Gasteiger partial charge is 0.228 e. The molecule has 1 aliphatic rings. The third-order valence-corrected chi connectivity index (χ3v) is 4.25. The van der Waals surface area contributed by atoms with Crippen LogP contribution in [0, 0.1) is 12.8 Å². The van der Waals surface area contributed by atoms with Crippen molar-refractivity contribution in [2.75, 3.05) is 18.4 Å². The first-order valence-electron chi connectivity index (χ1n) is 7.48. The molecule has 3 rings (SSSR count). The lowest BCUT2D eigenvalue weighted by atomic mass is 9.97. The lowest BCUT2D eigenvalue weighted by molar-refractivity contribution is -0.120. The maximum absolute atomic E-state index is 12.3. The van der Waals surface area contributed by atoms with Crippen molar-refractivity contribution in [1.82, 2.24) is 15.1 Å². The van der Waals surface area contributed by atoms with Gasteiger partial charge in [0.1, 0.15) is 0 Å². The Balaban J connectivity index is 0.00000192. The molecule has 0 bridgehead atoms. The number of rotatable bonds is 3. The fourth-order valence-electron chi connectivity index (χ4n) is 2.72. The molecule has 2 N–H and O–H groups in total. The minimum atomic E-state index is 0. The number of aromatic nitrogens is 2. The standard InChI is InChI=1S/C16H19ClN4O.ClH/c1-11-10-15(19-16(22)12-6-8-18-9-7-12)20-21(11)14-5-3-2-4-13(14)17;/h2-5,10,12,18H,6-9H2,1H3,(H,19,20,22);1H. The summed E-state index contributed by atoms with van der Waals surface area (Å²) in [5.41, 5.74) is 1.73. The summed E-state index contributed by atoms with van der Waals surface area (Å²) in [5, 5.41) is 11.3. The largest absolute Gasteiger partial charge is 0.317 e. The summed E-state index contributed by atoms with van der Waals surface area (Å²) in [4.78, 5) is 12.3. The molecule has 2 aromatic rings. The molecule has 0 atom stereocenters. The highest BCUT2D eigenvalue weighted by Gasteiger charge is 2.22. The molecule has 2 heterocycles. The first kappa shape index (κ1) is 17.8. The Labute approximate surface area is 146 Å². The molecule has 0 radical (unpaired) electrons. The minimum Gasteiger partial charge on any atom is -0.317 e. The van der Waals surface area contributed by atoms with E-state index in [1.165, 1.54) is 0 Å². The number of carbonyl (C=O) groups is 1. The van der Waals surface area contributed by atoms with Crippen LogP contribution in [0.4, 0.5) is 5.82 Å². The molecule has 1 aromatic carbocycles. The van der Waals surface area contributed by atoms with Crippen LogP contribution in [0.3, 0.4) is 0 Å². The summed E-state index contributed by atoms with van der Waals surface area (Å²) < 4.78 is 1.75. The Morgan fingerprint density at radius 2 is 2.04 bits per heavy atom. The van der Waals surface area contributed by atoms with E-state index in [1.54, 1.807) is 4.68 Å². The van der Waals surface area contributed by atoms with Crippen molar-refractivity contribution in [3.63, 3.8) is 0 Å². The second-order valence-electron chi connectivity index (χ2n) is 5.55. The molecule has 1 amide bonds. The van der Waals surface area contributed by atoms with E-state index >= 15 is 0 Å². The molecule has 23 heavy (non-hydrogen) atoms. The van der Waals surface area contributed by atoms with E-state index in [2.05, 4.69) is 15.7 Å². The van der Waals surface area contributed by atoms with Crippen LogP contribution in [0.1, 0.15) is 18.5 Å². The predicted molar refractivity (Wildman–Crippen MR) is 94.8 cm³/mol. The number of hydrogen-bond donors (Lipinski definition) is 2. The maximum Gasteiger partial charge on any atom is 0.228 e. The number of piperidine rings is 1. The van der Waals surface area contributed by atoms with E-state index in [9.17, 15) is 4.79 Å². The van der Waals surface area contributed by atoms with Gasteiger partial charge < -0.3 is 10.6 Å². The third kappa shape index (κ3) is 4.05. The molecule has 124 valence electrons. The predicted octanol–water partition coefficient (Wildman–Crippen LogP) is 3.19. The second-order valence-corrected chi connectivity index (χ2v) is 5.95. The normalized spacial score (nSPS) is 15.0. The highest BCUT2D eigenvalue weighted by atomic mass is 35.5. The number of hydrogen-bond acceptors (Lipinski definition) is 3. The fraction of sp³-hybridized carbons (Fsp3) is 0.375. The Morgan fingerprint density at radius 1 is 1.35 bits per heavy atom. The third-order valence-electron chi connectivity index (χ3n) is 3.93. The summed E-state index contributed by atoms with van der Waals surface area (Å²) in [7, 11) is 0. The Morgan fingerprint density at radius 3 is 2.74 bits per heavy atom. The Kier molecular flexibility index (Phi) is 6.04. The van der Waals surface area contributed by atoms with Crippen LogP contribution in [0.2, 0.25) is 5.02 Å². The van der Waals surface area contributed by atoms with Gasteiger partial charge in [-0.3, -0.25) is 4.79 Å². The minimum absolute atomic E-state index is 0. The molecule has 1 aromatic heterocycles.